The van der Waals surface area contributed by atoms with Crippen molar-refractivity contribution >= 4 is 56.1 Å². The highest BCUT2D eigenvalue weighted by atomic mass is 32.1. The lowest BCUT2D eigenvalue weighted by atomic mass is 10.0. The van der Waals surface area contributed by atoms with E-state index in [0.717, 1.165) is 62.0 Å². The lowest BCUT2D eigenvalue weighted by molar-refractivity contribution is -0.136. The Morgan fingerprint density at radius 1 is 0.816 bits per heavy atom. The predicted octanol–water partition coefficient (Wildman–Crippen LogP) is 5.74. The number of imidazole rings is 2. The van der Waals surface area contributed by atoms with Crippen LogP contribution in [-0.4, -0.2) is 91.1 Å². The molecule has 4 amide bonds. The Labute approximate surface area is 291 Å². The minimum Gasteiger partial charge on any atom is -0.465 e. The Kier molecular flexibility index (Phi) is 9.97. The number of nitrogens with one attached hydrogen (secondary N) is 4. The number of carboxylic acid groups (broad SMARTS) is 1. The molecule has 5 N–H and O–H groups in total. The van der Waals surface area contributed by atoms with E-state index in [0.29, 0.717) is 18.9 Å². The van der Waals surface area contributed by atoms with Crippen LogP contribution in [0.2, 0.25) is 0 Å². The van der Waals surface area contributed by atoms with E-state index in [2.05, 4.69) is 42.7 Å². The third-order valence-corrected chi connectivity index (χ3v) is 11.6. The second-order valence-electron chi connectivity index (χ2n) is 13.2. The van der Waals surface area contributed by atoms with Crippen LogP contribution in [0.4, 0.5) is 9.59 Å². The number of rotatable bonds is 10. The minimum atomic E-state index is -1.21. The Morgan fingerprint density at radius 2 is 1.27 bits per heavy atom. The normalized spacial score (nSPS) is 19.2. The largest absolute Gasteiger partial charge is 0.465 e. The monoisotopic (exact) mass is 710 g/mol. The topological polar surface area (TPSA) is 186 Å². The van der Waals surface area contributed by atoms with E-state index < -0.39 is 24.3 Å². The van der Waals surface area contributed by atoms with E-state index in [1.165, 1.54) is 7.11 Å². The molecular weight excluding hydrogens is 669 g/mol. The third kappa shape index (κ3) is 7.02. The molecule has 2 aliphatic heterocycles. The number of likely N-dealkylation sites (tertiary alicyclic amines) is 2. The van der Waals surface area contributed by atoms with Gasteiger partial charge in [-0.2, -0.15) is 0 Å². The standard InChI is InChI=1S/C33H42N8O6S2/c1-16(2)26(38-32(44)45)30(42)40-10-6-8-20(40)28-34-14-18(36-28)22-12-24-25(48-22)13-23(49-24)19-15-35-29(37-19)21-9-7-11-41(21)31(43)27(17(3)4)39-33(46)47-5/h12-17,20-21,26-27,38H,6-11H2,1-5H3,(H,34,36)(H,35,37)(H,39,46)(H,44,45)/t20-,21?,26-,27-/m0/s1. The fourth-order valence-electron chi connectivity index (χ4n) is 6.70. The maximum absolute atomic E-state index is 13.5. The summed E-state index contributed by atoms with van der Waals surface area (Å²) in [4.78, 5) is 71.9. The number of nitrogens with zero attached hydrogens (tertiary/aromatic N) is 4. The first kappa shape index (κ1) is 34.4. The van der Waals surface area contributed by atoms with E-state index in [9.17, 15) is 24.3 Å². The number of carbonyl (C=O) groups excluding carboxylic acids is 3. The number of carbonyl (C=O) groups is 4. The maximum atomic E-state index is 13.5. The summed E-state index contributed by atoms with van der Waals surface area (Å²) in [6.07, 6.45) is 4.96. The van der Waals surface area contributed by atoms with Crippen molar-refractivity contribution in [1.29, 1.82) is 0 Å². The van der Waals surface area contributed by atoms with E-state index in [-0.39, 0.29) is 35.7 Å². The molecule has 14 nitrogen and oxygen atoms in total. The zero-order valence-corrected chi connectivity index (χ0v) is 29.7. The van der Waals surface area contributed by atoms with Gasteiger partial charge < -0.3 is 40.2 Å². The van der Waals surface area contributed by atoms with Crippen molar-refractivity contribution in [3.8, 4) is 21.1 Å². The SMILES string of the molecule is COC(=O)N[C@H](C(=O)N1CCCC1c1ncc(-c2cc3sc(-c4cnc([C@@H]5CCCN5C(=O)[C@@H](NC(=O)O)C(C)C)[nH]4)cc3s2)[nH]1)C(C)C. The Hall–Kier alpha value is -4.44. The summed E-state index contributed by atoms with van der Waals surface area (Å²) in [6.45, 7) is 8.59. The van der Waals surface area contributed by atoms with Gasteiger partial charge in [-0.1, -0.05) is 27.7 Å². The highest BCUT2D eigenvalue weighted by Gasteiger charge is 2.39. The number of thiophene rings is 2. The van der Waals surface area contributed by atoms with Crippen LogP contribution < -0.4 is 10.6 Å². The molecule has 0 aliphatic carbocycles. The molecular formula is C33H42N8O6S2. The van der Waals surface area contributed by atoms with Gasteiger partial charge in [-0.15, -0.1) is 22.7 Å². The fraction of sp³-hybridized carbons (Fsp3) is 0.515. The number of ether oxygens (including phenoxy) is 1. The zero-order valence-electron chi connectivity index (χ0n) is 28.1. The highest BCUT2D eigenvalue weighted by Crippen LogP contribution is 2.42. The molecule has 0 radical (unpaired) electrons. The average molecular weight is 711 g/mol. The van der Waals surface area contributed by atoms with Crippen molar-refractivity contribution in [1.82, 2.24) is 40.4 Å². The van der Waals surface area contributed by atoms with E-state index >= 15 is 0 Å². The smallest absolute Gasteiger partial charge is 0.407 e. The van der Waals surface area contributed by atoms with E-state index in [4.69, 9.17) is 4.74 Å². The molecule has 6 rings (SSSR count). The maximum Gasteiger partial charge on any atom is 0.407 e. The van der Waals surface area contributed by atoms with Gasteiger partial charge in [0.25, 0.3) is 0 Å². The van der Waals surface area contributed by atoms with Gasteiger partial charge in [-0.05, 0) is 49.7 Å². The van der Waals surface area contributed by atoms with Crippen LogP contribution >= 0.6 is 22.7 Å². The summed E-state index contributed by atoms with van der Waals surface area (Å²) in [5.41, 5.74) is 1.74. The molecule has 49 heavy (non-hydrogen) atoms. The van der Waals surface area contributed by atoms with Crippen LogP contribution in [-0.2, 0) is 14.3 Å². The van der Waals surface area contributed by atoms with Crippen LogP contribution in [0.1, 0.15) is 77.1 Å². The van der Waals surface area contributed by atoms with Gasteiger partial charge in [0.1, 0.15) is 23.7 Å². The van der Waals surface area contributed by atoms with Gasteiger partial charge in [0.15, 0.2) is 0 Å². The van der Waals surface area contributed by atoms with Gasteiger partial charge in [0, 0.05) is 22.5 Å². The fourth-order valence-corrected chi connectivity index (χ4v) is 9.02. The number of aromatic amines is 2. The van der Waals surface area contributed by atoms with Gasteiger partial charge in [-0.3, -0.25) is 9.59 Å². The van der Waals surface area contributed by atoms with Crippen LogP contribution in [0, 0.1) is 11.8 Å². The second-order valence-corrected chi connectivity index (χ2v) is 15.4. The Morgan fingerprint density at radius 3 is 1.67 bits per heavy atom. The summed E-state index contributed by atoms with van der Waals surface area (Å²) in [5.74, 6) is 0.753. The number of H-pyrrole nitrogens is 2. The molecule has 2 fully saturated rings. The molecule has 2 saturated heterocycles. The lowest BCUT2D eigenvalue weighted by Gasteiger charge is -2.30. The molecule has 0 bridgehead atoms. The number of aromatic nitrogens is 4. The summed E-state index contributed by atoms with van der Waals surface area (Å²) in [5, 5.41) is 14.3. The van der Waals surface area contributed by atoms with Crippen molar-refractivity contribution in [3.63, 3.8) is 0 Å². The second kappa shape index (κ2) is 14.2. The van der Waals surface area contributed by atoms with Crippen molar-refractivity contribution in [2.24, 2.45) is 11.8 Å². The number of methoxy groups -OCH3 is 1. The van der Waals surface area contributed by atoms with Gasteiger partial charge in [-0.25, -0.2) is 19.6 Å². The predicted molar refractivity (Wildman–Crippen MR) is 186 cm³/mol. The molecule has 4 aromatic heterocycles. The number of hydrogen-bond acceptors (Lipinski definition) is 9. The first-order chi connectivity index (χ1) is 23.4. The zero-order chi connectivity index (χ0) is 35.0. The highest BCUT2D eigenvalue weighted by molar-refractivity contribution is 7.31. The first-order valence-corrected chi connectivity index (χ1v) is 18.2. The van der Waals surface area contributed by atoms with E-state index in [1.54, 1.807) is 38.7 Å². The molecule has 2 aliphatic rings. The van der Waals surface area contributed by atoms with Gasteiger partial charge in [0.2, 0.25) is 11.8 Å². The minimum absolute atomic E-state index is 0.107. The number of hydrogen-bond donors (Lipinski definition) is 5. The third-order valence-electron chi connectivity index (χ3n) is 9.24. The van der Waals surface area contributed by atoms with Crippen LogP contribution in [0.5, 0.6) is 0 Å². The molecule has 4 atom stereocenters. The van der Waals surface area contributed by atoms with Crippen LogP contribution in [0.3, 0.4) is 0 Å². The quantitative estimate of drug-likeness (QED) is 0.138. The molecule has 6 heterocycles. The molecule has 16 heteroatoms. The number of amides is 4. The molecule has 1 unspecified atom stereocenters. The van der Waals surface area contributed by atoms with Crippen LogP contribution in [0.25, 0.3) is 30.5 Å². The molecule has 0 spiro atoms. The van der Waals surface area contributed by atoms with E-state index in [1.807, 2.05) is 33.9 Å². The first-order valence-electron chi connectivity index (χ1n) is 16.5. The molecule has 0 saturated carbocycles. The Balaban J connectivity index is 1.16. The number of fused-ring (bicyclic) bond motifs is 1. The van der Waals surface area contributed by atoms with Crippen molar-refractivity contribution in [2.75, 3.05) is 20.2 Å². The molecule has 262 valence electrons. The molecule has 0 aromatic carbocycles. The van der Waals surface area contributed by atoms with Gasteiger partial charge >= 0.3 is 12.2 Å². The summed E-state index contributed by atoms with van der Waals surface area (Å²) in [7, 11) is 1.28. The summed E-state index contributed by atoms with van der Waals surface area (Å²) in [6, 6.07) is 2.30. The average Bonchev–Trinajstić information content (AvgIpc) is 3.89. The summed E-state index contributed by atoms with van der Waals surface area (Å²) >= 11 is 3.29. The van der Waals surface area contributed by atoms with Gasteiger partial charge in [0.05, 0.1) is 52.7 Å². The lowest BCUT2D eigenvalue weighted by Crippen LogP contribution is -2.51. The van der Waals surface area contributed by atoms with Crippen molar-refractivity contribution in [2.45, 2.75) is 77.5 Å². The summed E-state index contributed by atoms with van der Waals surface area (Å²) < 4.78 is 6.98. The molecule has 4 aromatic rings. The van der Waals surface area contributed by atoms with Crippen LogP contribution in [0.15, 0.2) is 24.5 Å². The Bertz CT molecular complexity index is 1810. The van der Waals surface area contributed by atoms with Crippen molar-refractivity contribution in [3.05, 3.63) is 36.2 Å². The number of alkyl carbamates (subject to hydrolysis) is 1. The van der Waals surface area contributed by atoms with Crippen molar-refractivity contribution < 1.29 is 29.0 Å².